The van der Waals surface area contributed by atoms with Crippen LogP contribution in [0.3, 0.4) is 0 Å². The fraction of sp³-hybridized carbons (Fsp3) is 0.429. The Kier molecular flexibility index (Phi) is 5.04. The minimum absolute atomic E-state index is 0.0241. The van der Waals surface area contributed by atoms with Crippen molar-refractivity contribution in [2.24, 2.45) is 0 Å². The zero-order valence-electron chi connectivity index (χ0n) is 16.5. The van der Waals surface area contributed by atoms with Crippen LogP contribution in [0.15, 0.2) is 22.7 Å². The number of carboxylic acid groups (broad SMARTS) is 1. The maximum absolute atomic E-state index is 11.7. The molecule has 2 rings (SSSR count). The standard InChI is InChI=1S/C21H27NO4/c1-12-8-17(26-22-12)14(19(24)25)9-13-10-15(20(2,3)4)18(23)16(11-13)21(5,6)7/h8-11,23H,1-7H3,(H,24,25). The summed E-state index contributed by atoms with van der Waals surface area (Å²) in [4.78, 5) is 11.7. The molecule has 0 aliphatic rings. The van der Waals surface area contributed by atoms with Gasteiger partial charge in [-0.2, -0.15) is 0 Å². The van der Waals surface area contributed by atoms with Crippen molar-refractivity contribution in [3.8, 4) is 5.75 Å². The molecule has 0 radical (unpaired) electrons. The summed E-state index contributed by atoms with van der Waals surface area (Å²) in [6, 6.07) is 5.25. The van der Waals surface area contributed by atoms with E-state index in [9.17, 15) is 15.0 Å². The van der Waals surface area contributed by atoms with E-state index < -0.39 is 5.97 Å². The number of rotatable bonds is 3. The minimum Gasteiger partial charge on any atom is -0.507 e. The summed E-state index contributed by atoms with van der Waals surface area (Å²) in [6.45, 7) is 13.8. The first-order valence-corrected chi connectivity index (χ1v) is 8.57. The van der Waals surface area contributed by atoms with E-state index in [-0.39, 0.29) is 27.9 Å². The molecule has 0 amide bonds. The predicted octanol–water partition coefficient (Wildman–Crippen LogP) is 4.91. The number of benzene rings is 1. The number of phenols is 1. The number of aromatic hydroxyl groups is 1. The van der Waals surface area contributed by atoms with Crippen LogP contribution in [-0.2, 0) is 15.6 Å². The van der Waals surface area contributed by atoms with Crippen LogP contribution in [-0.4, -0.2) is 21.3 Å². The molecule has 0 bridgehead atoms. The normalized spacial score (nSPS) is 13.1. The molecular formula is C21H27NO4. The summed E-state index contributed by atoms with van der Waals surface area (Å²) in [7, 11) is 0. The van der Waals surface area contributed by atoms with Gasteiger partial charge in [0.15, 0.2) is 5.76 Å². The number of nitrogens with zero attached hydrogens (tertiary/aromatic N) is 1. The molecule has 0 atom stereocenters. The molecule has 140 valence electrons. The van der Waals surface area contributed by atoms with Crippen LogP contribution in [0.25, 0.3) is 11.6 Å². The molecule has 2 aromatic rings. The van der Waals surface area contributed by atoms with Crippen molar-refractivity contribution in [1.29, 1.82) is 0 Å². The highest BCUT2D eigenvalue weighted by molar-refractivity contribution is 6.19. The Hall–Kier alpha value is -2.56. The summed E-state index contributed by atoms with van der Waals surface area (Å²) in [5, 5.41) is 24.2. The maximum atomic E-state index is 11.7. The lowest BCUT2D eigenvalue weighted by atomic mass is 9.78. The smallest absolute Gasteiger partial charge is 0.339 e. The molecule has 0 saturated carbocycles. The van der Waals surface area contributed by atoms with E-state index in [1.807, 2.05) is 53.7 Å². The third kappa shape index (κ3) is 4.15. The Labute approximate surface area is 154 Å². The summed E-state index contributed by atoms with van der Waals surface area (Å²) in [5.41, 5.74) is 2.30. The van der Waals surface area contributed by atoms with Gasteiger partial charge in [0.2, 0.25) is 0 Å². The molecule has 0 spiro atoms. The topological polar surface area (TPSA) is 83.6 Å². The van der Waals surface area contributed by atoms with Crippen molar-refractivity contribution < 1.29 is 19.5 Å². The first-order valence-electron chi connectivity index (χ1n) is 8.57. The lowest BCUT2D eigenvalue weighted by Crippen LogP contribution is -2.17. The van der Waals surface area contributed by atoms with Gasteiger partial charge in [-0.3, -0.25) is 0 Å². The highest BCUT2D eigenvalue weighted by Gasteiger charge is 2.27. The van der Waals surface area contributed by atoms with Crippen molar-refractivity contribution in [2.45, 2.75) is 59.3 Å². The Morgan fingerprint density at radius 2 is 1.54 bits per heavy atom. The number of carboxylic acids is 1. The molecule has 2 N–H and O–H groups in total. The van der Waals surface area contributed by atoms with Gasteiger partial charge in [0, 0.05) is 17.2 Å². The maximum Gasteiger partial charge on any atom is 0.339 e. The van der Waals surface area contributed by atoms with Gasteiger partial charge in [-0.15, -0.1) is 0 Å². The van der Waals surface area contributed by atoms with Crippen LogP contribution in [0.5, 0.6) is 5.75 Å². The molecular weight excluding hydrogens is 330 g/mol. The first-order chi connectivity index (χ1) is 11.8. The van der Waals surface area contributed by atoms with E-state index in [1.54, 1.807) is 19.1 Å². The van der Waals surface area contributed by atoms with Gasteiger partial charge in [0.05, 0.1) is 5.69 Å². The average molecular weight is 357 g/mol. The average Bonchev–Trinajstić information content (AvgIpc) is 2.89. The third-order valence-electron chi connectivity index (χ3n) is 4.18. The molecule has 1 aromatic carbocycles. The Bertz CT molecular complexity index is 826. The van der Waals surface area contributed by atoms with Crippen molar-refractivity contribution in [3.63, 3.8) is 0 Å². The quantitative estimate of drug-likeness (QED) is 0.763. The first kappa shape index (κ1) is 19.8. The van der Waals surface area contributed by atoms with Gasteiger partial charge in [0.1, 0.15) is 11.3 Å². The van der Waals surface area contributed by atoms with E-state index in [0.717, 1.165) is 11.1 Å². The molecule has 5 nitrogen and oxygen atoms in total. The summed E-state index contributed by atoms with van der Waals surface area (Å²) < 4.78 is 5.13. The zero-order valence-corrected chi connectivity index (χ0v) is 16.5. The molecule has 0 aliphatic heterocycles. The molecule has 0 unspecified atom stereocenters. The second kappa shape index (κ2) is 6.63. The fourth-order valence-corrected chi connectivity index (χ4v) is 2.78. The van der Waals surface area contributed by atoms with Crippen molar-refractivity contribution in [3.05, 3.63) is 46.3 Å². The monoisotopic (exact) mass is 357 g/mol. The highest BCUT2D eigenvalue weighted by Crippen LogP contribution is 2.40. The van der Waals surface area contributed by atoms with Crippen molar-refractivity contribution in [1.82, 2.24) is 5.16 Å². The minimum atomic E-state index is -1.09. The number of aliphatic carboxylic acids is 1. The van der Waals surface area contributed by atoms with Crippen LogP contribution in [0.2, 0.25) is 0 Å². The molecule has 0 saturated heterocycles. The molecule has 1 heterocycles. The molecule has 26 heavy (non-hydrogen) atoms. The van der Waals surface area contributed by atoms with E-state index in [1.165, 1.54) is 0 Å². The van der Waals surface area contributed by atoms with E-state index >= 15 is 0 Å². The van der Waals surface area contributed by atoms with Crippen LogP contribution in [0, 0.1) is 6.92 Å². The summed E-state index contributed by atoms with van der Waals surface area (Å²) in [6.07, 6.45) is 1.56. The van der Waals surface area contributed by atoms with Gasteiger partial charge in [0.25, 0.3) is 0 Å². The lowest BCUT2D eigenvalue weighted by molar-refractivity contribution is -0.130. The van der Waals surface area contributed by atoms with Gasteiger partial charge in [-0.05, 0) is 41.5 Å². The Morgan fingerprint density at radius 1 is 1.04 bits per heavy atom. The predicted molar refractivity (Wildman–Crippen MR) is 102 cm³/mol. The van der Waals surface area contributed by atoms with Gasteiger partial charge in [-0.25, -0.2) is 4.79 Å². The van der Waals surface area contributed by atoms with Gasteiger partial charge < -0.3 is 14.7 Å². The van der Waals surface area contributed by atoms with Crippen LogP contribution in [0.4, 0.5) is 0 Å². The number of aryl methyl sites for hydroxylation is 1. The molecule has 0 fully saturated rings. The Morgan fingerprint density at radius 3 is 1.88 bits per heavy atom. The van der Waals surface area contributed by atoms with E-state index in [0.29, 0.717) is 11.3 Å². The largest absolute Gasteiger partial charge is 0.507 e. The third-order valence-corrected chi connectivity index (χ3v) is 4.18. The molecule has 0 aliphatic carbocycles. The van der Waals surface area contributed by atoms with Crippen LogP contribution in [0.1, 0.15) is 69.7 Å². The number of hydrogen-bond donors (Lipinski definition) is 2. The number of hydrogen-bond acceptors (Lipinski definition) is 4. The van der Waals surface area contributed by atoms with Crippen LogP contribution < -0.4 is 0 Å². The second-order valence-corrected chi connectivity index (χ2v) is 8.66. The second-order valence-electron chi connectivity index (χ2n) is 8.66. The van der Waals surface area contributed by atoms with Crippen molar-refractivity contribution >= 4 is 17.6 Å². The zero-order chi connectivity index (χ0) is 19.9. The van der Waals surface area contributed by atoms with E-state index in [4.69, 9.17) is 4.52 Å². The summed E-state index contributed by atoms with van der Waals surface area (Å²) >= 11 is 0. The number of carbonyl (C=O) groups is 1. The van der Waals surface area contributed by atoms with Gasteiger partial charge >= 0.3 is 5.97 Å². The fourth-order valence-electron chi connectivity index (χ4n) is 2.78. The SMILES string of the molecule is Cc1cc(C(=Cc2cc(C(C)(C)C)c(O)c(C(C)(C)C)c2)C(=O)O)on1. The highest BCUT2D eigenvalue weighted by atomic mass is 16.5. The van der Waals surface area contributed by atoms with Gasteiger partial charge in [-0.1, -0.05) is 46.7 Å². The number of phenolic OH excluding ortho intramolecular Hbond substituents is 1. The van der Waals surface area contributed by atoms with Crippen molar-refractivity contribution in [2.75, 3.05) is 0 Å². The van der Waals surface area contributed by atoms with Crippen LogP contribution >= 0.6 is 0 Å². The Balaban J connectivity index is 2.73. The lowest BCUT2D eigenvalue weighted by Gasteiger charge is -2.28. The van der Waals surface area contributed by atoms with E-state index in [2.05, 4.69) is 5.16 Å². The molecule has 5 heteroatoms. The molecule has 1 aromatic heterocycles. The summed E-state index contributed by atoms with van der Waals surface area (Å²) in [5.74, 6) is -0.629. The number of aromatic nitrogens is 1.